The Balaban J connectivity index is 2.43. The maximum absolute atomic E-state index is 12.4. The molecule has 122 valence electrons. The standard InChI is InChI=1S/C18H32O3/c1-6-14-15-7-8-21-18(20)16(14)17(19)13(5)12(4)10(2)9-11(15)3/h10-17,19H,6-9H2,1-5H3/t10?,11?,12?,13?,14?,15?,16-,17+/m1/s1. The molecular weight excluding hydrogens is 264 g/mol. The Labute approximate surface area is 129 Å². The van der Waals surface area contributed by atoms with Crippen molar-refractivity contribution in [2.75, 3.05) is 6.61 Å². The van der Waals surface area contributed by atoms with Crippen molar-refractivity contribution < 1.29 is 14.6 Å². The van der Waals surface area contributed by atoms with Crippen LogP contribution in [0.2, 0.25) is 0 Å². The Hall–Kier alpha value is -0.570. The van der Waals surface area contributed by atoms with Crippen LogP contribution in [0.3, 0.4) is 0 Å². The average Bonchev–Trinajstić information content (AvgIpc) is 2.61. The lowest BCUT2D eigenvalue weighted by molar-refractivity contribution is -0.155. The molecule has 1 aliphatic carbocycles. The number of esters is 1. The molecule has 1 heterocycles. The number of carbonyl (C=O) groups is 1. The van der Waals surface area contributed by atoms with Crippen LogP contribution in [0, 0.1) is 41.4 Å². The lowest BCUT2D eigenvalue weighted by Gasteiger charge is -2.35. The van der Waals surface area contributed by atoms with Crippen LogP contribution < -0.4 is 0 Å². The number of cyclic esters (lactones) is 1. The van der Waals surface area contributed by atoms with Crippen LogP contribution >= 0.6 is 0 Å². The molecule has 0 aromatic heterocycles. The summed E-state index contributed by atoms with van der Waals surface area (Å²) in [7, 11) is 0. The Morgan fingerprint density at radius 3 is 2.43 bits per heavy atom. The molecule has 1 N–H and O–H groups in total. The van der Waals surface area contributed by atoms with Crippen molar-refractivity contribution in [3.05, 3.63) is 0 Å². The summed E-state index contributed by atoms with van der Waals surface area (Å²) in [4.78, 5) is 12.4. The normalized spacial score (nSPS) is 48.6. The molecule has 2 bridgehead atoms. The molecule has 1 aliphatic heterocycles. The van der Waals surface area contributed by atoms with Gasteiger partial charge in [-0.2, -0.15) is 0 Å². The molecule has 3 heteroatoms. The number of aliphatic hydroxyl groups is 1. The van der Waals surface area contributed by atoms with Gasteiger partial charge in [0.05, 0.1) is 18.6 Å². The van der Waals surface area contributed by atoms with Crippen LogP contribution in [0.15, 0.2) is 0 Å². The van der Waals surface area contributed by atoms with Crippen LogP contribution in [0.25, 0.3) is 0 Å². The van der Waals surface area contributed by atoms with Gasteiger partial charge < -0.3 is 9.84 Å². The first kappa shape index (κ1) is 16.8. The van der Waals surface area contributed by atoms with E-state index >= 15 is 0 Å². The van der Waals surface area contributed by atoms with E-state index in [4.69, 9.17) is 4.74 Å². The molecular formula is C18H32O3. The van der Waals surface area contributed by atoms with Gasteiger partial charge in [0.2, 0.25) is 0 Å². The number of hydrogen-bond acceptors (Lipinski definition) is 3. The minimum Gasteiger partial charge on any atom is -0.465 e. The molecule has 3 nitrogen and oxygen atoms in total. The van der Waals surface area contributed by atoms with E-state index in [0.717, 1.165) is 12.8 Å². The van der Waals surface area contributed by atoms with Crippen LogP contribution in [0.4, 0.5) is 0 Å². The summed E-state index contributed by atoms with van der Waals surface area (Å²) in [6, 6.07) is 0. The van der Waals surface area contributed by atoms with Gasteiger partial charge in [0.25, 0.3) is 0 Å². The number of rotatable bonds is 1. The number of fused-ring (bicyclic) bond motifs is 2. The number of aliphatic hydroxyl groups excluding tert-OH is 1. The SMILES string of the molecule is CCC1C2CCOC(=O)[C@H]1[C@@H](O)C(C)C(C)C(C)CC2C. The van der Waals surface area contributed by atoms with E-state index in [1.807, 2.05) is 0 Å². The second-order valence-electron chi connectivity index (χ2n) is 7.62. The van der Waals surface area contributed by atoms with Crippen molar-refractivity contribution in [3.63, 3.8) is 0 Å². The summed E-state index contributed by atoms with van der Waals surface area (Å²) < 4.78 is 5.43. The van der Waals surface area contributed by atoms with Crippen molar-refractivity contribution in [1.82, 2.24) is 0 Å². The van der Waals surface area contributed by atoms with Crippen LogP contribution in [-0.2, 0) is 9.53 Å². The predicted molar refractivity (Wildman–Crippen MR) is 83.6 cm³/mol. The largest absolute Gasteiger partial charge is 0.465 e. The highest BCUT2D eigenvalue weighted by Crippen LogP contribution is 2.45. The molecule has 0 radical (unpaired) electrons. The van der Waals surface area contributed by atoms with E-state index in [2.05, 4.69) is 34.6 Å². The topological polar surface area (TPSA) is 46.5 Å². The van der Waals surface area contributed by atoms with Gasteiger partial charge in [0.1, 0.15) is 0 Å². The molecule has 0 spiro atoms. The lowest BCUT2D eigenvalue weighted by Crippen LogP contribution is -2.42. The third kappa shape index (κ3) is 3.13. The van der Waals surface area contributed by atoms with E-state index in [1.165, 1.54) is 6.42 Å². The van der Waals surface area contributed by atoms with Crippen molar-refractivity contribution in [2.24, 2.45) is 41.4 Å². The highest BCUT2D eigenvalue weighted by atomic mass is 16.5. The summed E-state index contributed by atoms with van der Waals surface area (Å²) >= 11 is 0. The third-order valence-electron chi connectivity index (χ3n) is 6.56. The fourth-order valence-electron chi connectivity index (χ4n) is 4.84. The van der Waals surface area contributed by atoms with Crippen molar-refractivity contribution in [2.45, 2.75) is 60.0 Å². The summed E-state index contributed by atoms with van der Waals surface area (Å²) in [5.41, 5.74) is 0. The predicted octanol–water partition coefficient (Wildman–Crippen LogP) is 3.50. The van der Waals surface area contributed by atoms with Crippen LogP contribution in [0.5, 0.6) is 0 Å². The van der Waals surface area contributed by atoms with Crippen molar-refractivity contribution >= 4 is 5.97 Å². The second kappa shape index (κ2) is 6.68. The molecule has 0 aromatic rings. The van der Waals surface area contributed by atoms with Gasteiger partial charge in [-0.15, -0.1) is 0 Å². The van der Waals surface area contributed by atoms with E-state index in [1.54, 1.807) is 0 Å². The van der Waals surface area contributed by atoms with Gasteiger partial charge in [-0.3, -0.25) is 4.79 Å². The van der Waals surface area contributed by atoms with E-state index < -0.39 is 6.10 Å². The first-order valence-corrected chi connectivity index (χ1v) is 8.73. The van der Waals surface area contributed by atoms with E-state index in [-0.39, 0.29) is 23.7 Å². The van der Waals surface area contributed by atoms with Gasteiger partial charge in [-0.05, 0) is 48.3 Å². The Bertz CT molecular complexity index is 367. The van der Waals surface area contributed by atoms with E-state index in [0.29, 0.717) is 30.3 Å². The van der Waals surface area contributed by atoms with Crippen molar-refractivity contribution in [1.29, 1.82) is 0 Å². The maximum atomic E-state index is 12.4. The molecule has 6 unspecified atom stereocenters. The average molecular weight is 296 g/mol. The van der Waals surface area contributed by atoms with Gasteiger partial charge in [0, 0.05) is 0 Å². The van der Waals surface area contributed by atoms with Crippen molar-refractivity contribution in [3.8, 4) is 0 Å². The summed E-state index contributed by atoms with van der Waals surface area (Å²) in [6.45, 7) is 11.6. The fraction of sp³-hybridized carbons (Fsp3) is 0.944. The Morgan fingerprint density at radius 1 is 1.14 bits per heavy atom. The first-order chi connectivity index (χ1) is 9.88. The summed E-state index contributed by atoms with van der Waals surface area (Å²) in [5, 5.41) is 10.9. The minimum atomic E-state index is -0.578. The smallest absolute Gasteiger partial charge is 0.311 e. The van der Waals surface area contributed by atoms with Gasteiger partial charge in [-0.25, -0.2) is 0 Å². The maximum Gasteiger partial charge on any atom is 0.311 e. The first-order valence-electron chi connectivity index (χ1n) is 8.73. The molecule has 2 aliphatic rings. The van der Waals surface area contributed by atoms with Gasteiger partial charge >= 0.3 is 5.97 Å². The molecule has 2 rings (SSSR count). The van der Waals surface area contributed by atoms with Crippen LogP contribution in [0.1, 0.15) is 53.9 Å². The zero-order chi connectivity index (χ0) is 15.7. The minimum absolute atomic E-state index is 0.135. The quantitative estimate of drug-likeness (QED) is 0.753. The summed E-state index contributed by atoms with van der Waals surface area (Å²) in [5.74, 6) is 1.96. The highest BCUT2D eigenvalue weighted by molar-refractivity contribution is 5.74. The van der Waals surface area contributed by atoms with E-state index in [9.17, 15) is 9.90 Å². The molecule has 1 saturated carbocycles. The molecule has 8 atom stereocenters. The fourth-order valence-corrected chi connectivity index (χ4v) is 4.84. The molecule has 1 saturated heterocycles. The molecule has 2 fully saturated rings. The molecule has 0 aromatic carbocycles. The van der Waals surface area contributed by atoms with Crippen LogP contribution in [-0.4, -0.2) is 23.8 Å². The zero-order valence-electron chi connectivity index (χ0n) is 14.2. The Kier molecular flexibility index (Phi) is 5.34. The lowest BCUT2D eigenvalue weighted by atomic mass is 9.70. The molecule has 0 amide bonds. The number of hydrogen-bond donors (Lipinski definition) is 1. The Morgan fingerprint density at radius 2 is 1.81 bits per heavy atom. The number of ether oxygens (including phenoxy) is 1. The van der Waals surface area contributed by atoms with Gasteiger partial charge in [0.15, 0.2) is 0 Å². The second-order valence-corrected chi connectivity index (χ2v) is 7.62. The summed E-state index contributed by atoms with van der Waals surface area (Å²) in [6.07, 6.45) is 2.50. The zero-order valence-corrected chi connectivity index (χ0v) is 14.2. The third-order valence-corrected chi connectivity index (χ3v) is 6.56. The highest BCUT2D eigenvalue weighted by Gasteiger charge is 2.47. The molecule has 21 heavy (non-hydrogen) atoms. The monoisotopic (exact) mass is 296 g/mol. The van der Waals surface area contributed by atoms with Gasteiger partial charge in [-0.1, -0.05) is 41.0 Å². The number of carbonyl (C=O) groups excluding carboxylic acids is 1.